The minimum Gasteiger partial charge on any atom is -0.354 e. The van der Waals surface area contributed by atoms with Crippen LogP contribution in [0.3, 0.4) is 0 Å². The molecule has 0 saturated heterocycles. The summed E-state index contributed by atoms with van der Waals surface area (Å²) in [5.74, 6) is 0.975. The van der Waals surface area contributed by atoms with Gasteiger partial charge in [-0.15, -0.1) is 11.8 Å². The number of benzene rings is 1. The highest BCUT2D eigenvalue weighted by molar-refractivity contribution is 7.99. The van der Waals surface area contributed by atoms with E-state index in [1.165, 1.54) is 4.90 Å². The van der Waals surface area contributed by atoms with E-state index in [1.807, 2.05) is 18.2 Å². The molecule has 1 rings (SSSR count). The van der Waals surface area contributed by atoms with Crippen LogP contribution in [0.1, 0.15) is 20.3 Å². The molecule has 0 saturated carbocycles. The van der Waals surface area contributed by atoms with Crippen LogP contribution >= 0.6 is 11.8 Å². The second-order valence-electron chi connectivity index (χ2n) is 4.20. The van der Waals surface area contributed by atoms with Gasteiger partial charge in [0.1, 0.15) is 0 Å². The summed E-state index contributed by atoms with van der Waals surface area (Å²) in [7, 11) is 0. The lowest BCUT2D eigenvalue weighted by molar-refractivity contribution is -0.120. The predicted molar refractivity (Wildman–Crippen MR) is 77.9 cm³/mol. The normalized spacial score (nSPS) is 12.1. The van der Waals surface area contributed by atoms with E-state index < -0.39 is 0 Å². The summed E-state index contributed by atoms with van der Waals surface area (Å²) < 4.78 is 0. The van der Waals surface area contributed by atoms with Crippen molar-refractivity contribution >= 4 is 17.7 Å². The molecule has 0 radical (unpaired) electrons. The third kappa shape index (κ3) is 6.67. The number of carbonyl (C=O) groups excluding carboxylic acids is 1. The van der Waals surface area contributed by atoms with Crippen molar-refractivity contribution in [3.05, 3.63) is 30.3 Å². The van der Waals surface area contributed by atoms with Gasteiger partial charge in [-0.3, -0.25) is 4.79 Å². The first-order chi connectivity index (χ1) is 8.72. The first-order valence-electron chi connectivity index (χ1n) is 6.40. The molecule has 1 atom stereocenters. The Kier molecular flexibility index (Phi) is 7.53. The summed E-state index contributed by atoms with van der Waals surface area (Å²) >= 11 is 1.76. The van der Waals surface area contributed by atoms with Gasteiger partial charge in [0.05, 0.1) is 6.54 Å². The molecule has 18 heavy (non-hydrogen) atoms. The van der Waals surface area contributed by atoms with Gasteiger partial charge in [-0.25, -0.2) is 0 Å². The number of nitrogens with one attached hydrogen (secondary N) is 2. The van der Waals surface area contributed by atoms with E-state index in [9.17, 15) is 4.79 Å². The van der Waals surface area contributed by atoms with E-state index in [0.717, 1.165) is 12.2 Å². The number of amides is 1. The molecule has 1 aromatic rings. The third-order valence-corrected chi connectivity index (χ3v) is 3.67. The van der Waals surface area contributed by atoms with Crippen molar-refractivity contribution in [1.29, 1.82) is 0 Å². The van der Waals surface area contributed by atoms with Crippen LogP contribution in [-0.2, 0) is 4.79 Å². The van der Waals surface area contributed by atoms with Crippen molar-refractivity contribution in [2.24, 2.45) is 0 Å². The Morgan fingerprint density at radius 1 is 1.33 bits per heavy atom. The van der Waals surface area contributed by atoms with Crippen molar-refractivity contribution in [3.8, 4) is 0 Å². The van der Waals surface area contributed by atoms with Gasteiger partial charge in [0.2, 0.25) is 5.91 Å². The fourth-order valence-electron chi connectivity index (χ4n) is 1.35. The topological polar surface area (TPSA) is 41.1 Å². The van der Waals surface area contributed by atoms with Crippen molar-refractivity contribution < 1.29 is 4.79 Å². The quantitative estimate of drug-likeness (QED) is 0.560. The maximum atomic E-state index is 11.5. The van der Waals surface area contributed by atoms with Crippen LogP contribution in [0, 0.1) is 0 Å². The highest BCUT2D eigenvalue weighted by atomic mass is 32.2. The van der Waals surface area contributed by atoms with E-state index in [-0.39, 0.29) is 5.91 Å². The Morgan fingerprint density at radius 3 is 2.72 bits per heavy atom. The smallest absolute Gasteiger partial charge is 0.233 e. The highest BCUT2D eigenvalue weighted by Crippen LogP contribution is 2.15. The van der Waals surface area contributed by atoms with Gasteiger partial charge in [-0.1, -0.05) is 25.1 Å². The second kappa shape index (κ2) is 9.00. The lowest BCUT2D eigenvalue weighted by Gasteiger charge is -2.11. The molecule has 0 aliphatic carbocycles. The molecule has 4 heteroatoms. The fourth-order valence-corrected chi connectivity index (χ4v) is 2.14. The molecule has 0 fully saturated rings. The van der Waals surface area contributed by atoms with Gasteiger partial charge in [0.25, 0.3) is 0 Å². The SMILES string of the molecule is CCC(C)NCC(=O)NCCSc1ccccc1. The summed E-state index contributed by atoms with van der Waals surface area (Å²) in [6.07, 6.45) is 1.04. The maximum Gasteiger partial charge on any atom is 0.233 e. The van der Waals surface area contributed by atoms with Gasteiger partial charge in [-0.05, 0) is 25.5 Å². The molecule has 0 aromatic heterocycles. The van der Waals surface area contributed by atoms with Crippen LogP contribution in [0.25, 0.3) is 0 Å². The van der Waals surface area contributed by atoms with Gasteiger partial charge >= 0.3 is 0 Å². The average Bonchev–Trinajstić information content (AvgIpc) is 2.42. The molecule has 1 unspecified atom stereocenters. The number of carbonyl (C=O) groups is 1. The Morgan fingerprint density at radius 2 is 2.06 bits per heavy atom. The summed E-state index contributed by atoms with van der Waals surface area (Å²) in [6.45, 7) is 5.30. The summed E-state index contributed by atoms with van der Waals surface area (Å²) in [5.41, 5.74) is 0. The van der Waals surface area contributed by atoms with Crippen LogP contribution in [-0.4, -0.2) is 30.8 Å². The average molecular weight is 266 g/mol. The minimum absolute atomic E-state index is 0.0731. The molecule has 1 amide bonds. The second-order valence-corrected chi connectivity index (χ2v) is 5.37. The third-order valence-electron chi connectivity index (χ3n) is 2.66. The molecule has 0 spiro atoms. The minimum atomic E-state index is 0.0731. The number of thioether (sulfide) groups is 1. The molecule has 100 valence electrons. The molecule has 0 bridgehead atoms. The van der Waals surface area contributed by atoms with Crippen molar-refractivity contribution in [2.75, 3.05) is 18.8 Å². The van der Waals surface area contributed by atoms with Gasteiger partial charge in [0, 0.05) is 23.2 Å². The van der Waals surface area contributed by atoms with Crippen LogP contribution in [0.2, 0.25) is 0 Å². The molecule has 3 nitrogen and oxygen atoms in total. The Balaban J connectivity index is 2.05. The van der Waals surface area contributed by atoms with E-state index in [4.69, 9.17) is 0 Å². The van der Waals surface area contributed by atoms with Gasteiger partial charge in [0.15, 0.2) is 0 Å². The maximum absolute atomic E-state index is 11.5. The van der Waals surface area contributed by atoms with Gasteiger partial charge < -0.3 is 10.6 Å². The Labute approximate surface area is 114 Å². The molecule has 0 aliphatic heterocycles. The van der Waals surface area contributed by atoms with Crippen molar-refractivity contribution in [1.82, 2.24) is 10.6 Å². The first kappa shape index (κ1) is 15.1. The predicted octanol–water partition coefficient (Wildman–Crippen LogP) is 2.28. The van der Waals surface area contributed by atoms with Crippen LogP contribution in [0.5, 0.6) is 0 Å². The molecule has 0 heterocycles. The molecular weight excluding hydrogens is 244 g/mol. The molecular formula is C14H22N2OS. The molecule has 1 aromatic carbocycles. The highest BCUT2D eigenvalue weighted by Gasteiger charge is 2.03. The van der Waals surface area contributed by atoms with Crippen LogP contribution < -0.4 is 10.6 Å². The lowest BCUT2D eigenvalue weighted by Crippen LogP contribution is -2.38. The molecule has 0 aliphatic rings. The first-order valence-corrected chi connectivity index (χ1v) is 7.39. The van der Waals surface area contributed by atoms with E-state index >= 15 is 0 Å². The number of hydrogen-bond donors (Lipinski definition) is 2. The summed E-state index contributed by atoms with van der Waals surface area (Å²) in [6, 6.07) is 10.6. The number of rotatable bonds is 8. The number of hydrogen-bond acceptors (Lipinski definition) is 3. The largest absolute Gasteiger partial charge is 0.354 e. The van der Waals surface area contributed by atoms with Crippen LogP contribution in [0.15, 0.2) is 35.2 Å². The lowest BCUT2D eigenvalue weighted by atomic mass is 10.2. The molecule has 2 N–H and O–H groups in total. The zero-order valence-electron chi connectivity index (χ0n) is 11.1. The van der Waals surface area contributed by atoms with Crippen molar-refractivity contribution in [2.45, 2.75) is 31.2 Å². The zero-order valence-corrected chi connectivity index (χ0v) is 11.9. The van der Waals surface area contributed by atoms with E-state index in [2.05, 4.69) is 36.6 Å². The zero-order chi connectivity index (χ0) is 13.2. The summed E-state index contributed by atoms with van der Waals surface area (Å²) in [4.78, 5) is 12.7. The van der Waals surface area contributed by atoms with E-state index in [0.29, 0.717) is 19.1 Å². The summed E-state index contributed by atoms with van der Waals surface area (Å²) in [5, 5.41) is 6.08. The Hall–Kier alpha value is -1.00. The standard InChI is InChI=1S/C14H22N2OS/c1-3-12(2)16-11-14(17)15-9-10-18-13-7-5-4-6-8-13/h4-8,12,16H,3,9-11H2,1-2H3,(H,15,17). The van der Waals surface area contributed by atoms with E-state index in [1.54, 1.807) is 11.8 Å². The van der Waals surface area contributed by atoms with Crippen LogP contribution in [0.4, 0.5) is 0 Å². The Bertz CT molecular complexity index is 343. The van der Waals surface area contributed by atoms with Crippen molar-refractivity contribution in [3.63, 3.8) is 0 Å². The van der Waals surface area contributed by atoms with Gasteiger partial charge in [-0.2, -0.15) is 0 Å². The fraction of sp³-hybridized carbons (Fsp3) is 0.500. The monoisotopic (exact) mass is 266 g/mol.